The molecule has 0 radical (unpaired) electrons. The van der Waals surface area contributed by atoms with Gasteiger partial charge in [-0.3, -0.25) is 9.88 Å². The van der Waals surface area contributed by atoms with Crippen LogP contribution in [-0.2, 0) is 15.2 Å². The quantitative estimate of drug-likeness (QED) is 0.324. The van der Waals surface area contributed by atoms with Crippen LogP contribution in [0, 0.1) is 13.8 Å². The zero-order valence-electron chi connectivity index (χ0n) is 21.4. The van der Waals surface area contributed by atoms with Crippen LogP contribution in [0.2, 0.25) is 0 Å². The molecule has 4 N–H and O–H groups in total. The number of aliphatic carboxylic acids is 2. The second kappa shape index (κ2) is 13.1. The van der Waals surface area contributed by atoms with Gasteiger partial charge in [0.2, 0.25) is 0 Å². The molecule has 1 unspecified atom stereocenters. The van der Waals surface area contributed by atoms with Gasteiger partial charge < -0.3 is 25.2 Å². The highest BCUT2D eigenvalue weighted by molar-refractivity contribution is 5.89. The molecule has 1 aliphatic heterocycles. The summed E-state index contributed by atoms with van der Waals surface area (Å²) in [5, 5.41) is 37.4. The van der Waals surface area contributed by atoms with Crippen LogP contribution in [0.3, 0.4) is 0 Å². The minimum Gasteiger partial charge on any atom is -0.493 e. The molecule has 10 heteroatoms. The minimum atomic E-state index is -1.26. The van der Waals surface area contributed by atoms with Crippen molar-refractivity contribution in [2.24, 2.45) is 0 Å². The number of hydrogen-bond acceptors (Lipinski definition) is 8. The molecule has 2 aromatic carbocycles. The van der Waals surface area contributed by atoms with E-state index in [2.05, 4.69) is 23.0 Å². The SMILES string of the molecule is Cc1cccc(OCCC(O)N2CCC(O)(c3cnc4ccccc4n3)CC2)c1C.O=C(O)/C=C/C(=O)O. The lowest BCUT2D eigenvalue weighted by molar-refractivity contribution is -0.134. The number of benzene rings is 2. The molecular formula is C28H33N3O7. The molecule has 0 amide bonds. The summed E-state index contributed by atoms with van der Waals surface area (Å²) < 4.78 is 5.88. The standard InChI is InChI=1S/C24H29N3O3.C4H4O4/c1-17-6-5-9-21(18(17)2)30-15-10-23(28)27-13-11-24(29,12-14-27)22-16-25-19-7-3-4-8-20(19)26-22;5-3(6)1-2-4(7)8/h3-9,16,23,28-29H,10-15H2,1-2H3;1-2H,(H,5,6)(H,7,8)/b;2-1+. The first kappa shape index (κ1) is 28.7. The fraction of sp³-hybridized carbons (Fsp3) is 0.357. The third-order valence-corrected chi connectivity index (χ3v) is 6.53. The summed E-state index contributed by atoms with van der Waals surface area (Å²) in [6, 6.07) is 13.7. The van der Waals surface area contributed by atoms with Crippen molar-refractivity contribution in [1.82, 2.24) is 14.9 Å². The van der Waals surface area contributed by atoms with Crippen molar-refractivity contribution in [3.63, 3.8) is 0 Å². The Morgan fingerprint density at radius 1 is 1.03 bits per heavy atom. The zero-order valence-corrected chi connectivity index (χ0v) is 21.4. The number of nitrogens with zero attached hydrogens (tertiary/aromatic N) is 3. The number of fused-ring (bicyclic) bond motifs is 1. The molecule has 2 heterocycles. The third kappa shape index (κ3) is 7.82. The van der Waals surface area contributed by atoms with Crippen molar-refractivity contribution in [2.45, 2.75) is 44.9 Å². The fourth-order valence-electron chi connectivity index (χ4n) is 4.11. The minimum absolute atomic E-state index is 0.447. The van der Waals surface area contributed by atoms with Gasteiger partial charge in [0.15, 0.2) is 0 Å². The monoisotopic (exact) mass is 523 g/mol. The number of aliphatic hydroxyl groups is 2. The number of aliphatic hydroxyl groups excluding tert-OH is 1. The number of para-hydroxylation sites is 2. The van der Waals surface area contributed by atoms with E-state index in [0.29, 0.717) is 56.8 Å². The number of hydrogen-bond donors (Lipinski definition) is 4. The number of carboxylic acid groups (broad SMARTS) is 2. The molecule has 0 bridgehead atoms. The van der Waals surface area contributed by atoms with Crippen LogP contribution >= 0.6 is 0 Å². The summed E-state index contributed by atoms with van der Waals surface area (Å²) >= 11 is 0. The summed E-state index contributed by atoms with van der Waals surface area (Å²) in [6.45, 7) is 5.74. The fourth-order valence-corrected chi connectivity index (χ4v) is 4.11. The number of piperidine rings is 1. The normalized spacial score (nSPS) is 16.0. The van der Waals surface area contributed by atoms with Crippen LogP contribution in [0.25, 0.3) is 11.0 Å². The van der Waals surface area contributed by atoms with Gasteiger partial charge in [-0.05, 0) is 56.0 Å². The van der Waals surface area contributed by atoms with Gasteiger partial charge in [0.1, 0.15) is 17.6 Å². The van der Waals surface area contributed by atoms with Crippen LogP contribution in [-0.4, -0.2) is 73.2 Å². The summed E-state index contributed by atoms with van der Waals surface area (Å²) in [5.41, 5.74) is 3.53. The van der Waals surface area contributed by atoms with E-state index in [9.17, 15) is 19.8 Å². The Bertz CT molecular complexity index is 1270. The lowest BCUT2D eigenvalue weighted by atomic mass is 9.88. The van der Waals surface area contributed by atoms with Crippen molar-refractivity contribution in [1.29, 1.82) is 0 Å². The van der Waals surface area contributed by atoms with Crippen molar-refractivity contribution in [2.75, 3.05) is 19.7 Å². The van der Waals surface area contributed by atoms with Gasteiger partial charge in [-0.15, -0.1) is 0 Å². The molecule has 3 aromatic rings. The number of rotatable bonds is 8. The van der Waals surface area contributed by atoms with Gasteiger partial charge >= 0.3 is 11.9 Å². The van der Waals surface area contributed by atoms with Gasteiger partial charge in [-0.25, -0.2) is 14.6 Å². The second-order valence-corrected chi connectivity index (χ2v) is 9.14. The number of aryl methyl sites for hydroxylation is 1. The van der Waals surface area contributed by atoms with Gasteiger partial charge in [0.25, 0.3) is 0 Å². The average molecular weight is 524 g/mol. The Balaban J connectivity index is 0.000000436. The van der Waals surface area contributed by atoms with Crippen LogP contribution in [0.4, 0.5) is 0 Å². The smallest absolute Gasteiger partial charge is 0.328 e. The largest absolute Gasteiger partial charge is 0.493 e. The van der Waals surface area contributed by atoms with E-state index in [4.69, 9.17) is 14.9 Å². The van der Waals surface area contributed by atoms with Crippen molar-refractivity contribution < 1.29 is 34.8 Å². The maximum absolute atomic E-state index is 11.1. The first-order chi connectivity index (χ1) is 18.1. The lowest BCUT2D eigenvalue weighted by Crippen LogP contribution is -2.47. The Kier molecular flexibility index (Phi) is 9.89. The topological polar surface area (TPSA) is 153 Å². The van der Waals surface area contributed by atoms with Crippen molar-refractivity contribution in [3.05, 3.63) is 77.6 Å². The number of carbonyl (C=O) groups is 2. The van der Waals surface area contributed by atoms with E-state index < -0.39 is 23.8 Å². The molecule has 0 spiro atoms. The van der Waals surface area contributed by atoms with Crippen molar-refractivity contribution in [3.8, 4) is 5.75 Å². The van der Waals surface area contributed by atoms with Gasteiger partial charge in [0.05, 0.1) is 29.5 Å². The molecule has 1 atom stereocenters. The summed E-state index contributed by atoms with van der Waals surface area (Å²) in [5.74, 6) is -1.65. The Morgan fingerprint density at radius 3 is 2.29 bits per heavy atom. The number of likely N-dealkylation sites (tertiary alicyclic amines) is 1. The molecule has 38 heavy (non-hydrogen) atoms. The number of ether oxygens (including phenoxy) is 1. The molecule has 0 aliphatic carbocycles. The molecule has 4 rings (SSSR count). The maximum Gasteiger partial charge on any atom is 0.328 e. The molecule has 1 saturated heterocycles. The molecular weight excluding hydrogens is 490 g/mol. The molecule has 1 aliphatic rings. The van der Waals surface area contributed by atoms with Gasteiger partial charge in [0, 0.05) is 31.7 Å². The lowest BCUT2D eigenvalue weighted by Gasteiger charge is -2.39. The van der Waals surface area contributed by atoms with E-state index in [1.165, 1.54) is 5.56 Å². The summed E-state index contributed by atoms with van der Waals surface area (Å²) in [4.78, 5) is 30.2. The first-order valence-corrected chi connectivity index (χ1v) is 12.3. The zero-order chi connectivity index (χ0) is 27.7. The number of aromatic nitrogens is 2. The molecule has 1 fully saturated rings. The maximum atomic E-state index is 11.1. The van der Waals surface area contributed by atoms with Crippen molar-refractivity contribution >= 4 is 23.0 Å². The third-order valence-electron chi connectivity index (χ3n) is 6.53. The van der Waals surface area contributed by atoms with E-state index >= 15 is 0 Å². The van der Waals surface area contributed by atoms with Gasteiger partial charge in [-0.2, -0.15) is 0 Å². The van der Waals surface area contributed by atoms with Crippen LogP contribution < -0.4 is 4.74 Å². The van der Waals surface area contributed by atoms with E-state index in [1.54, 1.807) is 6.20 Å². The Morgan fingerprint density at radius 2 is 1.66 bits per heavy atom. The Hall–Kier alpha value is -3.86. The molecule has 202 valence electrons. The highest BCUT2D eigenvalue weighted by Crippen LogP contribution is 2.33. The van der Waals surface area contributed by atoms with Crippen LogP contribution in [0.5, 0.6) is 5.75 Å². The predicted octanol–water partition coefficient (Wildman–Crippen LogP) is 3.03. The van der Waals surface area contributed by atoms with E-state index in [0.717, 1.165) is 22.3 Å². The Labute approximate surface area is 220 Å². The second-order valence-electron chi connectivity index (χ2n) is 9.14. The van der Waals surface area contributed by atoms with E-state index in [-0.39, 0.29) is 0 Å². The van der Waals surface area contributed by atoms with Crippen LogP contribution in [0.1, 0.15) is 36.1 Å². The predicted molar refractivity (Wildman–Crippen MR) is 141 cm³/mol. The van der Waals surface area contributed by atoms with E-state index in [1.807, 2.05) is 48.2 Å². The molecule has 10 nitrogen and oxygen atoms in total. The molecule has 1 aromatic heterocycles. The highest BCUT2D eigenvalue weighted by atomic mass is 16.5. The summed E-state index contributed by atoms with van der Waals surface area (Å²) in [7, 11) is 0. The average Bonchev–Trinajstić information content (AvgIpc) is 2.90. The highest BCUT2D eigenvalue weighted by Gasteiger charge is 2.37. The first-order valence-electron chi connectivity index (χ1n) is 12.3. The molecule has 0 saturated carbocycles. The van der Waals surface area contributed by atoms with Crippen LogP contribution in [0.15, 0.2) is 60.8 Å². The summed E-state index contributed by atoms with van der Waals surface area (Å²) in [6.07, 6.45) is 3.73. The number of carboxylic acids is 2. The van der Waals surface area contributed by atoms with Gasteiger partial charge in [-0.1, -0.05) is 24.3 Å².